The van der Waals surface area contributed by atoms with E-state index in [0.29, 0.717) is 11.7 Å². The van der Waals surface area contributed by atoms with Gasteiger partial charge in [0.1, 0.15) is 5.78 Å². The predicted octanol–water partition coefficient (Wildman–Crippen LogP) is 3.11. The number of carbonyl (C=O) groups is 1. The molecule has 0 aliphatic heterocycles. The van der Waals surface area contributed by atoms with Crippen molar-refractivity contribution in [3.63, 3.8) is 0 Å². The first-order valence-electron chi connectivity index (χ1n) is 7.22. The average Bonchev–Trinajstić information content (AvgIpc) is 2.19. The van der Waals surface area contributed by atoms with E-state index in [1.807, 2.05) is 0 Å². The minimum atomic E-state index is -0.0692. The maximum Gasteiger partial charge on any atom is 0.142 e. The molecule has 2 saturated carbocycles. The third kappa shape index (κ3) is 3.09. The van der Waals surface area contributed by atoms with Crippen molar-refractivity contribution in [3.05, 3.63) is 0 Å². The van der Waals surface area contributed by atoms with Crippen molar-refractivity contribution in [3.8, 4) is 0 Å². The lowest BCUT2D eigenvalue weighted by Crippen LogP contribution is -2.42. The summed E-state index contributed by atoms with van der Waals surface area (Å²) in [6, 6.07) is 0. The first-order valence-corrected chi connectivity index (χ1v) is 7.22. The first kappa shape index (κ1) is 13.1. The molecule has 2 fully saturated rings. The third-order valence-corrected chi connectivity index (χ3v) is 4.72. The van der Waals surface area contributed by atoms with Gasteiger partial charge in [0, 0.05) is 24.4 Å². The number of ketones is 1. The van der Waals surface area contributed by atoms with Crippen LogP contribution in [0.3, 0.4) is 0 Å². The SMILES string of the molecule is CN(CC1CCC1)CC1CCCC(C)(C)C1=O. The van der Waals surface area contributed by atoms with Crippen molar-refractivity contribution in [1.82, 2.24) is 4.90 Å². The van der Waals surface area contributed by atoms with E-state index in [-0.39, 0.29) is 5.41 Å². The topological polar surface area (TPSA) is 20.3 Å². The zero-order valence-electron chi connectivity index (χ0n) is 11.7. The molecule has 2 nitrogen and oxygen atoms in total. The molecule has 0 spiro atoms. The van der Waals surface area contributed by atoms with Crippen LogP contribution in [-0.4, -0.2) is 30.8 Å². The van der Waals surface area contributed by atoms with Gasteiger partial charge in [0.15, 0.2) is 0 Å². The summed E-state index contributed by atoms with van der Waals surface area (Å²) in [4.78, 5) is 14.7. The molecule has 0 saturated heterocycles. The van der Waals surface area contributed by atoms with Crippen LogP contribution in [0, 0.1) is 17.3 Å². The lowest BCUT2D eigenvalue weighted by Gasteiger charge is -2.37. The predicted molar refractivity (Wildman–Crippen MR) is 71.0 cm³/mol. The molecule has 2 aliphatic carbocycles. The van der Waals surface area contributed by atoms with Crippen LogP contribution in [0.1, 0.15) is 52.4 Å². The van der Waals surface area contributed by atoms with Gasteiger partial charge < -0.3 is 4.90 Å². The Kier molecular flexibility index (Phi) is 3.92. The molecule has 2 aliphatic rings. The zero-order chi connectivity index (χ0) is 12.5. The van der Waals surface area contributed by atoms with Gasteiger partial charge in [-0.1, -0.05) is 26.7 Å². The van der Waals surface area contributed by atoms with Crippen molar-refractivity contribution < 1.29 is 4.79 Å². The number of hydrogen-bond donors (Lipinski definition) is 0. The van der Waals surface area contributed by atoms with Crippen molar-refractivity contribution >= 4 is 5.78 Å². The molecular weight excluding hydrogens is 210 g/mol. The summed E-state index contributed by atoms with van der Waals surface area (Å²) < 4.78 is 0. The van der Waals surface area contributed by atoms with E-state index in [0.717, 1.165) is 25.3 Å². The summed E-state index contributed by atoms with van der Waals surface area (Å²) in [7, 11) is 2.19. The molecule has 17 heavy (non-hydrogen) atoms. The van der Waals surface area contributed by atoms with E-state index < -0.39 is 0 Å². The molecule has 0 bridgehead atoms. The van der Waals surface area contributed by atoms with Gasteiger partial charge in [0.2, 0.25) is 0 Å². The maximum atomic E-state index is 12.3. The van der Waals surface area contributed by atoms with Gasteiger partial charge in [-0.25, -0.2) is 0 Å². The molecule has 0 aromatic rings. The highest BCUT2D eigenvalue weighted by Crippen LogP contribution is 2.36. The van der Waals surface area contributed by atoms with E-state index in [2.05, 4.69) is 25.8 Å². The van der Waals surface area contributed by atoms with Crippen molar-refractivity contribution in [1.29, 1.82) is 0 Å². The summed E-state index contributed by atoms with van der Waals surface area (Å²) in [5.74, 6) is 1.71. The van der Waals surface area contributed by atoms with Crippen LogP contribution >= 0.6 is 0 Å². The van der Waals surface area contributed by atoms with Crippen LogP contribution in [0.2, 0.25) is 0 Å². The smallest absolute Gasteiger partial charge is 0.142 e. The van der Waals surface area contributed by atoms with Gasteiger partial charge in [-0.15, -0.1) is 0 Å². The van der Waals surface area contributed by atoms with Gasteiger partial charge in [-0.3, -0.25) is 4.79 Å². The standard InChI is InChI=1S/C15H27NO/c1-15(2)9-5-8-13(14(15)17)11-16(3)10-12-6-4-7-12/h12-13H,4-11H2,1-3H3. The van der Waals surface area contributed by atoms with Gasteiger partial charge in [0.25, 0.3) is 0 Å². The zero-order valence-corrected chi connectivity index (χ0v) is 11.7. The Morgan fingerprint density at radius 3 is 2.47 bits per heavy atom. The molecule has 0 aromatic carbocycles. The summed E-state index contributed by atoms with van der Waals surface area (Å²) in [5, 5.41) is 0. The van der Waals surface area contributed by atoms with Crippen LogP contribution < -0.4 is 0 Å². The molecule has 2 rings (SSSR count). The molecule has 2 heteroatoms. The van der Waals surface area contributed by atoms with Crippen molar-refractivity contribution in [2.24, 2.45) is 17.3 Å². The largest absolute Gasteiger partial charge is 0.305 e. The average molecular weight is 237 g/mol. The molecule has 0 amide bonds. The van der Waals surface area contributed by atoms with Crippen LogP contribution in [0.15, 0.2) is 0 Å². The molecule has 0 radical (unpaired) electrons. The van der Waals surface area contributed by atoms with Crippen LogP contribution in [0.25, 0.3) is 0 Å². The van der Waals surface area contributed by atoms with Gasteiger partial charge >= 0.3 is 0 Å². The van der Waals surface area contributed by atoms with E-state index in [1.165, 1.54) is 32.2 Å². The fourth-order valence-electron chi connectivity index (χ4n) is 3.34. The Labute approximate surface area is 106 Å². The number of rotatable bonds is 4. The molecule has 0 N–H and O–H groups in total. The number of hydrogen-bond acceptors (Lipinski definition) is 2. The van der Waals surface area contributed by atoms with Crippen molar-refractivity contribution in [2.75, 3.05) is 20.1 Å². The number of carbonyl (C=O) groups excluding carboxylic acids is 1. The Bertz CT molecular complexity index is 281. The lowest BCUT2D eigenvalue weighted by atomic mass is 9.71. The minimum absolute atomic E-state index is 0.0692. The van der Waals surface area contributed by atoms with E-state index in [1.54, 1.807) is 0 Å². The molecule has 0 aromatic heterocycles. The summed E-state index contributed by atoms with van der Waals surface area (Å²) >= 11 is 0. The molecular formula is C15H27NO. The van der Waals surface area contributed by atoms with E-state index in [4.69, 9.17) is 0 Å². The fourth-order valence-corrected chi connectivity index (χ4v) is 3.34. The lowest BCUT2D eigenvalue weighted by molar-refractivity contribution is -0.134. The highest BCUT2D eigenvalue weighted by Gasteiger charge is 2.37. The summed E-state index contributed by atoms with van der Waals surface area (Å²) in [5.41, 5.74) is -0.0692. The summed E-state index contributed by atoms with van der Waals surface area (Å²) in [6.07, 6.45) is 7.61. The van der Waals surface area contributed by atoms with Crippen LogP contribution in [-0.2, 0) is 4.79 Å². The van der Waals surface area contributed by atoms with Gasteiger partial charge in [-0.2, -0.15) is 0 Å². The van der Waals surface area contributed by atoms with E-state index in [9.17, 15) is 4.79 Å². The normalized spacial score (nSPS) is 29.4. The molecule has 98 valence electrons. The van der Waals surface area contributed by atoms with E-state index >= 15 is 0 Å². The Hall–Kier alpha value is -0.370. The summed E-state index contributed by atoms with van der Waals surface area (Å²) in [6.45, 7) is 6.42. The van der Waals surface area contributed by atoms with Gasteiger partial charge in [-0.05, 0) is 38.6 Å². The Morgan fingerprint density at radius 1 is 1.18 bits per heavy atom. The Balaban J connectivity index is 1.82. The second kappa shape index (κ2) is 5.09. The highest BCUT2D eigenvalue weighted by atomic mass is 16.1. The highest BCUT2D eigenvalue weighted by molar-refractivity contribution is 5.87. The Morgan fingerprint density at radius 2 is 1.88 bits per heavy atom. The molecule has 1 unspecified atom stereocenters. The maximum absolute atomic E-state index is 12.3. The monoisotopic (exact) mass is 237 g/mol. The third-order valence-electron chi connectivity index (χ3n) is 4.72. The number of Topliss-reactive ketones (excluding diaryl/α,β-unsaturated/α-hetero) is 1. The number of nitrogens with zero attached hydrogens (tertiary/aromatic N) is 1. The first-order chi connectivity index (χ1) is 7.99. The quantitative estimate of drug-likeness (QED) is 0.749. The molecule has 1 atom stereocenters. The van der Waals surface area contributed by atoms with Crippen LogP contribution in [0.4, 0.5) is 0 Å². The fraction of sp³-hybridized carbons (Fsp3) is 0.933. The van der Waals surface area contributed by atoms with Crippen LogP contribution in [0.5, 0.6) is 0 Å². The minimum Gasteiger partial charge on any atom is -0.305 e. The van der Waals surface area contributed by atoms with Crippen molar-refractivity contribution in [2.45, 2.75) is 52.4 Å². The second-order valence-corrected chi connectivity index (χ2v) is 6.86. The van der Waals surface area contributed by atoms with Gasteiger partial charge in [0.05, 0.1) is 0 Å². The second-order valence-electron chi connectivity index (χ2n) is 6.86. The molecule has 0 heterocycles.